The first-order valence-electron chi connectivity index (χ1n) is 7.95. The molecule has 1 atom stereocenters. The fourth-order valence-electron chi connectivity index (χ4n) is 2.87. The molecule has 0 aliphatic carbocycles. The Morgan fingerprint density at radius 1 is 1.11 bits per heavy atom. The molecule has 4 aromatic rings. The zero-order chi connectivity index (χ0) is 19.2. The molecule has 0 bridgehead atoms. The lowest BCUT2D eigenvalue weighted by Crippen LogP contribution is -2.20. The van der Waals surface area contributed by atoms with Crippen LogP contribution in [-0.2, 0) is 0 Å². The quantitative estimate of drug-likeness (QED) is 0.587. The second kappa shape index (κ2) is 6.20. The standard InChI is InChI=1S/C18H13F3N4O2/c1-10-8-25(9-22-10)15-7-13(6-14-16(15)24-27-23-14)11-3-2-4-12(5-11)17(26)18(19,20)21/h2-9,17,26H,1H3. The number of hydrogen-bond acceptors (Lipinski definition) is 5. The van der Waals surface area contributed by atoms with Gasteiger partial charge in [-0.15, -0.1) is 0 Å². The van der Waals surface area contributed by atoms with E-state index in [0.717, 1.165) is 5.69 Å². The summed E-state index contributed by atoms with van der Waals surface area (Å²) in [5, 5.41) is 17.3. The van der Waals surface area contributed by atoms with Gasteiger partial charge in [0, 0.05) is 6.20 Å². The lowest BCUT2D eigenvalue weighted by Gasteiger charge is -2.16. The first-order valence-corrected chi connectivity index (χ1v) is 7.95. The predicted octanol–water partition coefficient (Wildman–Crippen LogP) is 3.98. The lowest BCUT2D eigenvalue weighted by molar-refractivity contribution is -0.206. The van der Waals surface area contributed by atoms with Crippen molar-refractivity contribution in [2.75, 3.05) is 0 Å². The molecular weight excluding hydrogens is 361 g/mol. The van der Waals surface area contributed by atoms with Crippen LogP contribution in [-0.4, -0.2) is 31.1 Å². The predicted molar refractivity (Wildman–Crippen MR) is 90.1 cm³/mol. The van der Waals surface area contributed by atoms with E-state index < -0.39 is 12.3 Å². The van der Waals surface area contributed by atoms with Crippen LogP contribution in [0.2, 0.25) is 0 Å². The van der Waals surface area contributed by atoms with Crippen molar-refractivity contribution in [3.63, 3.8) is 0 Å². The van der Waals surface area contributed by atoms with Crippen LogP contribution >= 0.6 is 0 Å². The Morgan fingerprint density at radius 3 is 2.63 bits per heavy atom. The number of aromatic nitrogens is 4. The molecule has 0 amide bonds. The van der Waals surface area contributed by atoms with Crippen molar-refractivity contribution in [1.29, 1.82) is 0 Å². The van der Waals surface area contributed by atoms with Crippen LogP contribution in [0.25, 0.3) is 27.8 Å². The van der Waals surface area contributed by atoms with Gasteiger partial charge in [0.1, 0.15) is 5.52 Å². The van der Waals surface area contributed by atoms with Crippen LogP contribution in [0.1, 0.15) is 17.4 Å². The maximum atomic E-state index is 12.8. The molecular formula is C18H13F3N4O2. The molecule has 2 aromatic heterocycles. The molecule has 0 aliphatic rings. The highest BCUT2D eigenvalue weighted by Crippen LogP contribution is 2.35. The molecule has 2 aromatic carbocycles. The minimum atomic E-state index is -4.74. The van der Waals surface area contributed by atoms with E-state index in [1.165, 1.54) is 18.2 Å². The van der Waals surface area contributed by atoms with Gasteiger partial charge in [-0.05, 0) is 52.1 Å². The molecule has 0 radical (unpaired) electrons. The summed E-state index contributed by atoms with van der Waals surface area (Å²) >= 11 is 0. The fourth-order valence-corrected chi connectivity index (χ4v) is 2.87. The Morgan fingerprint density at radius 2 is 1.93 bits per heavy atom. The van der Waals surface area contributed by atoms with E-state index in [4.69, 9.17) is 4.63 Å². The maximum Gasteiger partial charge on any atom is 0.418 e. The molecule has 4 rings (SSSR count). The number of aliphatic hydroxyl groups excluding tert-OH is 1. The van der Waals surface area contributed by atoms with Gasteiger partial charge >= 0.3 is 6.18 Å². The minimum absolute atomic E-state index is 0.238. The zero-order valence-electron chi connectivity index (χ0n) is 14.0. The molecule has 0 spiro atoms. The summed E-state index contributed by atoms with van der Waals surface area (Å²) in [6.45, 7) is 1.83. The number of rotatable bonds is 3. The Hall–Kier alpha value is -3.20. The Kier molecular flexibility index (Phi) is 3.96. The van der Waals surface area contributed by atoms with Gasteiger partial charge in [0.05, 0.1) is 17.7 Å². The highest BCUT2D eigenvalue weighted by molar-refractivity contribution is 5.88. The molecule has 1 unspecified atom stereocenters. The Labute approximate surface area is 150 Å². The molecule has 0 fully saturated rings. The van der Waals surface area contributed by atoms with Crippen molar-refractivity contribution in [2.24, 2.45) is 0 Å². The molecule has 1 N–H and O–H groups in total. The first-order chi connectivity index (χ1) is 12.8. The van der Waals surface area contributed by atoms with Gasteiger partial charge in [0.15, 0.2) is 11.6 Å². The van der Waals surface area contributed by atoms with Gasteiger partial charge < -0.3 is 9.67 Å². The van der Waals surface area contributed by atoms with E-state index in [2.05, 4.69) is 15.3 Å². The normalized spacial score (nSPS) is 13.2. The second-order valence-electron chi connectivity index (χ2n) is 6.12. The van der Waals surface area contributed by atoms with E-state index in [1.807, 2.05) is 6.92 Å². The monoisotopic (exact) mass is 374 g/mol. The molecule has 9 heteroatoms. The number of alkyl halides is 3. The number of benzene rings is 2. The Balaban J connectivity index is 1.85. The number of halogens is 3. The van der Waals surface area contributed by atoms with E-state index in [1.54, 1.807) is 35.3 Å². The van der Waals surface area contributed by atoms with E-state index in [0.29, 0.717) is 27.8 Å². The third kappa shape index (κ3) is 3.17. The van der Waals surface area contributed by atoms with Crippen LogP contribution in [0.15, 0.2) is 53.6 Å². The number of hydrogen-bond donors (Lipinski definition) is 1. The van der Waals surface area contributed by atoms with Gasteiger partial charge in [-0.2, -0.15) is 13.2 Å². The van der Waals surface area contributed by atoms with Crippen LogP contribution in [0.4, 0.5) is 13.2 Å². The van der Waals surface area contributed by atoms with E-state index in [-0.39, 0.29) is 5.56 Å². The average Bonchev–Trinajstić information content (AvgIpc) is 3.28. The SMILES string of the molecule is Cc1cn(-c2cc(-c3cccc(C(O)C(F)(F)F)c3)cc3nonc23)cn1. The van der Waals surface area contributed by atoms with Crippen molar-refractivity contribution in [3.8, 4) is 16.8 Å². The topological polar surface area (TPSA) is 77.0 Å². The van der Waals surface area contributed by atoms with Gasteiger partial charge in [-0.3, -0.25) is 0 Å². The number of aryl methyl sites for hydroxylation is 1. The largest absolute Gasteiger partial charge is 0.418 e. The average molecular weight is 374 g/mol. The second-order valence-corrected chi connectivity index (χ2v) is 6.12. The van der Waals surface area contributed by atoms with E-state index in [9.17, 15) is 18.3 Å². The number of imidazole rings is 1. The summed E-state index contributed by atoms with van der Waals surface area (Å²) in [7, 11) is 0. The van der Waals surface area contributed by atoms with Crippen LogP contribution in [0.3, 0.4) is 0 Å². The van der Waals surface area contributed by atoms with Crippen molar-refractivity contribution in [1.82, 2.24) is 19.9 Å². The van der Waals surface area contributed by atoms with Crippen molar-refractivity contribution < 1.29 is 22.9 Å². The van der Waals surface area contributed by atoms with Crippen molar-refractivity contribution >= 4 is 11.0 Å². The summed E-state index contributed by atoms with van der Waals surface area (Å²) in [5.74, 6) is 0. The van der Waals surface area contributed by atoms with Crippen LogP contribution in [0.5, 0.6) is 0 Å². The van der Waals surface area contributed by atoms with Crippen LogP contribution in [0, 0.1) is 6.92 Å². The molecule has 27 heavy (non-hydrogen) atoms. The molecule has 6 nitrogen and oxygen atoms in total. The molecule has 2 heterocycles. The number of aliphatic hydroxyl groups is 1. The molecule has 138 valence electrons. The summed E-state index contributed by atoms with van der Waals surface area (Å²) in [4.78, 5) is 4.18. The molecule has 0 aliphatic heterocycles. The zero-order valence-corrected chi connectivity index (χ0v) is 14.0. The van der Waals surface area contributed by atoms with Gasteiger partial charge in [-0.25, -0.2) is 9.61 Å². The minimum Gasteiger partial charge on any atom is -0.379 e. The van der Waals surface area contributed by atoms with Crippen LogP contribution < -0.4 is 0 Å². The summed E-state index contributed by atoms with van der Waals surface area (Å²) in [6.07, 6.45) is -3.90. The molecule has 0 saturated carbocycles. The first kappa shape index (κ1) is 17.2. The van der Waals surface area contributed by atoms with Gasteiger partial charge in [0.25, 0.3) is 0 Å². The van der Waals surface area contributed by atoms with Gasteiger partial charge in [-0.1, -0.05) is 18.2 Å². The van der Waals surface area contributed by atoms with Crippen molar-refractivity contribution in [2.45, 2.75) is 19.2 Å². The highest BCUT2D eigenvalue weighted by atomic mass is 19.4. The summed E-state index contributed by atoms with van der Waals surface area (Å²) in [5.41, 5.74) is 3.25. The van der Waals surface area contributed by atoms with Gasteiger partial charge in [0.2, 0.25) is 0 Å². The third-order valence-corrected chi connectivity index (χ3v) is 4.18. The number of fused-ring (bicyclic) bond motifs is 1. The number of nitrogens with zero attached hydrogens (tertiary/aromatic N) is 4. The highest BCUT2D eigenvalue weighted by Gasteiger charge is 2.39. The molecule has 0 saturated heterocycles. The summed E-state index contributed by atoms with van der Waals surface area (Å²) in [6, 6.07) is 9.08. The fraction of sp³-hybridized carbons (Fsp3) is 0.167. The van der Waals surface area contributed by atoms with E-state index >= 15 is 0 Å². The smallest absolute Gasteiger partial charge is 0.379 e. The lowest BCUT2D eigenvalue weighted by atomic mass is 9.99. The van der Waals surface area contributed by atoms with Crippen molar-refractivity contribution in [3.05, 3.63) is 60.2 Å². The Bertz CT molecular complexity index is 1120. The third-order valence-electron chi connectivity index (χ3n) is 4.18. The summed E-state index contributed by atoms with van der Waals surface area (Å²) < 4.78 is 45.0. The maximum absolute atomic E-state index is 12.8.